The minimum atomic E-state index is -0.847. The van der Waals surface area contributed by atoms with E-state index in [1.165, 1.54) is 34.5 Å². The molecule has 0 aliphatic heterocycles. The number of carbonyl (C=O) groups excluding carboxylic acids is 4. The summed E-state index contributed by atoms with van der Waals surface area (Å²) in [6.07, 6.45) is -0.356. The first-order valence-corrected chi connectivity index (χ1v) is 12.4. The molecule has 0 saturated carbocycles. The number of fused-ring (bicyclic) bond motifs is 4. The van der Waals surface area contributed by atoms with Crippen LogP contribution in [0.3, 0.4) is 0 Å². The zero-order chi connectivity index (χ0) is 29.6. The largest absolute Gasteiger partial charge is 0.496 e. The molecule has 1 aliphatic rings. The lowest BCUT2D eigenvalue weighted by atomic mass is 9.79. The van der Waals surface area contributed by atoms with Crippen molar-refractivity contribution in [3.8, 4) is 23.0 Å². The molecular formula is C31H26O10. The number of carbonyl (C=O) groups is 4. The van der Waals surface area contributed by atoms with Crippen molar-refractivity contribution in [3.63, 3.8) is 0 Å². The summed E-state index contributed by atoms with van der Waals surface area (Å²) in [5.74, 6) is -1.75. The Morgan fingerprint density at radius 3 is 1.93 bits per heavy atom. The van der Waals surface area contributed by atoms with Crippen LogP contribution >= 0.6 is 0 Å². The number of rotatable bonds is 7. The van der Waals surface area contributed by atoms with Crippen molar-refractivity contribution in [3.05, 3.63) is 69.8 Å². The second-order valence-corrected chi connectivity index (χ2v) is 9.17. The summed E-state index contributed by atoms with van der Waals surface area (Å²) < 4.78 is 32.5. The van der Waals surface area contributed by atoms with Gasteiger partial charge in [-0.25, -0.2) is 4.79 Å². The molecule has 41 heavy (non-hydrogen) atoms. The van der Waals surface area contributed by atoms with Crippen LogP contribution in [0.1, 0.15) is 47.8 Å². The minimum absolute atomic E-state index is 0.0140. The van der Waals surface area contributed by atoms with Gasteiger partial charge >= 0.3 is 11.9 Å². The molecule has 1 aliphatic carbocycles. The summed E-state index contributed by atoms with van der Waals surface area (Å²) in [6.45, 7) is 0. The summed E-state index contributed by atoms with van der Waals surface area (Å²) in [7, 11) is 8.05. The van der Waals surface area contributed by atoms with E-state index in [1.807, 2.05) is 18.2 Å². The van der Waals surface area contributed by atoms with E-state index >= 15 is 0 Å². The SMILES string of the molecule is COC(=O)Cc1cc2c(c(OC)c1C(=O)OC)C(=O)c1c(cc3cc4cccc(OC)c4c(OC)c3c1OC)C2=O. The first-order valence-electron chi connectivity index (χ1n) is 12.4. The van der Waals surface area contributed by atoms with Crippen molar-refractivity contribution in [1.82, 2.24) is 0 Å². The van der Waals surface area contributed by atoms with Gasteiger partial charge in [0.15, 0.2) is 5.78 Å². The van der Waals surface area contributed by atoms with Gasteiger partial charge in [-0.1, -0.05) is 12.1 Å². The van der Waals surface area contributed by atoms with E-state index in [9.17, 15) is 19.2 Å². The zero-order valence-corrected chi connectivity index (χ0v) is 23.3. The highest BCUT2D eigenvalue weighted by atomic mass is 16.5. The van der Waals surface area contributed by atoms with E-state index in [0.717, 1.165) is 12.5 Å². The van der Waals surface area contributed by atoms with Crippen LogP contribution in [0.2, 0.25) is 0 Å². The standard InChI is InChI=1S/C31H26O10/c1-36-19-9-7-8-14-10-15-11-17-24(29(39-4)22(15)28(38-3)21(14)19)27(34)25-18(26(17)33)12-16(13-20(32)37-2)23(30(25)40-5)31(35)41-6/h7-12H,13H2,1-6H3. The quantitative estimate of drug-likeness (QED) is 0.211. The molecule has 0 N–H and O–H groups in total. The average molecular weight is 559 g/mol. The lowest BCUT2D eigenvalue weighted by molar-refractivity contribution is -0.139. The van der Waals surface area contributed by atoms with E-state index in [0.29, 0.717) is 27.7 Å². The van der Waals surface area contributed by atoms with Crippen LogP contribution in [0.15, 0.2) is 36.4 Å². The fourth-order valence-electron chi connectivity index (χ4n) is 5.50. The number of methoxy groups -OCH3 is 6. The van der Waals surface area contributed by atoms with Gasteiger partial charge in [-0.05, 0) is 40.6 Å². The Hall–Kier alpha value is -5.12. The average Bonchev–Trinajstić information content (AvgIpc) is 2.99. The molecule has 0 saturated heterocycles. The van der Waals surface area contributed by atoms with Crippen LogP contribution in [0.4, 0.5) is 0 Å². The Morgan fingerprint density at radius 1 is 0.659 bits per heavy atom. The third-order valence-electron chi connectivity index (χ3n) is 7.23. The minimum Gasteiger partial charge on any atom is -0.496 e. The molecule has 0 amide bonds. The molecule has 0 heterocycles. The highest BCUT2D eigenvalue weighted by molar-refractivity contribution is 6.33. The van der Waals surface area contributed by atoms with Gasteiger partial charge in [-0.3, -0.25) is 14.4 Å². The molecule has 10 nitrogen and oxygen atoms in total. The highest BCUT2D eigenvalue weighted by Gasteiger charge is 2.40. The summed E-state index contributed by atoms with van der Waals surface area (Å²) in [5, 5.41) is 2.51. The fourth-order valence-corrected chi connectivity index (χ4v) is 5.50. The fraction of sp³-hybridized carbons (Fsp3) is 0.226. The van der Waals surface area contributed by atoms with Gasteiger partial charge in [0.05, 0.1) is 71.0 Å². The van der Waals surface area contributed by atoms with Crippen molar-refractivity contribution in [2.75, 3.05) is 42.7 Å². The number of hydrogen-bond acceptors (Lipinski definition) is 10. The lowest BCUT2D eigenvalue weighted by Crippen LogP contribution is -2.25. The van der Waals surface area contributed by atoms with Crippen LogP contribution in [-0.4, -0.2) is 66.2 Å². The molecule has 0 fully saturated rings. The molecular weight excluding hydrogens is 532 g/mol. The predicted molar refractivity (Wildman–Crippen MR) is 148 cm³/mol. The number of esters is 2. The zero-order valence-electron chi connectivity index (χ0n) is 23.3. The van der Waals surface area contributed by atoms with Crippen molar-refractivity contribution in [1.29, 1.82) is 0 Å². The molecule has 0 radical (unpaired) electrons. The normalized spacial score (nSPS) is 12.0. The second-order valence-electron chi connectivity index (χ2n) is 9.17. The number of benzene rings is 4. The topological polar surface area (TPSA) is 124 Å². The molecule has 4 aromatic carbocycles. The van der Waals surface area contributed by atoms with Crippen molar-refractivity contribution in [2.45, 2.75) is 6.42 Å². The second kappa shape index (κ2) is 10.5. The van der Waals surface area contributed by atoms with Crippen LogP contribution in [-0.2, 0) is 20.7 Å². The number of ketones is 2. The van der Waals surface area contributed by atoms with Gasteiger partial charge in [0.1, 0.15) is 28.6 Å². The Balaban J connectivity index is 1.90. The molecule has 5 rings (SSSR count). The molecule has 0 spiro atoms. The van der Waals surface area contributed by atoms with Gasteiger partial charge in [0, 0.05) is 11.1 Å². The molecule has 4 aromatic rings. The Kier molecular flexibility index (Phi) is 7.00. The molecule has 210 valence electrons. The maximum absolute atomic E-state index is 14.3. The summed E-state index contributed by atoms with van der Waals surface area (Å²) in [4.78, 5) is 53.4. The monoisotopic (exact) mass is 558 g/mol. The number of ether oxygens (including phenoxy) is 6. The smallest absolute Gasteiger partial charge is 0.341 e. The van der Waals surface area contributed by atoms with Crippen molar-refractivity contribution in [2.24, 2.45) is 0 Å². The van der Waals surface area contributed by atoms with Crippen LogP contribution in [0, 0.1) is 0 Å². The molecule has 0 unspecified atom stereocenters. The summed E-state index contributed by atoms with van der Waals surface area (Å²) in [5.41, 5.74) is -0.128. The first kappa shape index (κ1) is 27.4. The van der Waals surface area contributed by atoms with Gasteiger partial charge < -0.3 is 28.4 Å². The van der Waals surface area contributed by atoms with Gasteiger partial charge in [0.25, 0.3) is 0 Å². The first-order chi connectivity index (χ1) is 19.8. The Labute approximate surface area is 234 Å². The van der Waals surface area contributed by atoms with E-state index in [4.69, 9.17) is 28.4 Å². The Bertz CT molecular complexity index is 1800. The van der Waals surface area contributed by atoms with Crippen LogP contribution < -0.4 is 18.9 Å². The van der Waals surface area contributed by atoms with Gasteiger partial charge in [-0.2, -0.15) is 0 Å². The Morgan fingerprint density at radius 2 is 1.32 bits per heavy atom. The van der Waals surface area contributed by atoms with Crippen molar-refractivity contribution >= 4 is 45.0 Å². The lowest BCUT2D eigenvalue weighted by Gasteiger charge is -2.25. The highest BCUT2D eigenvalue weighted by Crippen LogP contribution is 2.49. The molecule has 0 bridgehead atoms. The van der Waals surface area contributed by atoms with E-state index in [1.54, 1.807) is 19.2 Å². The predicted octanol–water partition coefficient (Wildman–Crippen LogP) is 4.30. The summed E-state index contributed by atoms with van der Waals surface area (Å²) in [6, 6.07) is 10.3. The maximum Gasteiger partial charge on any atom is 0.341 e. The third-order valence-corrected chi connectivity index (χ3v) is 7.23. The van der Waals surface area contributed by atoms with Crippen LogP contribution in [0.5, 0.6) is 23.0 Å². The molecule has 10 heteroatoms. The van der Waals surface area contributed by atoms with Gasteiger partial charge in [-0.15, -0.1) is 0 Å². The molecule has 0 aromatic heterocycles. The summed E-state index contributed by atoms with van der Waals surface area (Å²) >= 11 is 0. The van der Waals surface area contributed by atoms with E-state index < -0.39 is 23.5 Å². The molecule has 0 atom stereocenters. The van der Waals surface area contributed by atoms with Gasteiger partial charge in [0.2, 0.25) is 5.78 Å². The van der Waals surface area contributed by atoms with Crippen LogP contribution in [0.25, 0.3) is 21.5 Å². The third kappa shape index (κ3) is 4.02. The van der Waals surface area contributed by atoms with E-state index in [2.05, 4.69) is 0 Å². The van der Waals surface area contributed by atoms with E-state index in [-0.39, 0.29) is 51.3 Å². The number of hydrogen-bond donors (Lipinski definition) is 0. The maximum atomic E-state index is 14.3. The van der Waals surface area contributed by atoms with Crippen molar-refractivity contribution < 1.29 is 47.6 Å².